The molecule has 0 heterocycles. The Bertz CT molecular complexity index is 187. The fourth-order valence-electron chi connectivity index (χ4n) is 1.20. The number of rotatable bonds is 8. The Kier molecular flexibility index (Phi) is 8.21. The summed E-state index contributed by atoms with van der Waals surface area (Å²) in [5.41, 5.74) is -0.157. The Morgan fingerprint density at radius 3 is 2.31 bits per heavy atom. The smallest absolute Gasteiger partial charge is 0.222 e. The molecule has 0 aromatic rings. The van der Waals surface area contributed by atoms with Crippen molar-refractivity contribution in [2.75, 3.05) is 26.9 Å². The maximum absolute atomic E-state index is 11.4. The van der Waals surface area contributed by atoms with Gasteiger partial charge in [0.25, 0.3) is 0 Å². The van der Waals surface area contributed by atoms with Crippen molar-refractivity contribution in [3.05, 3.63) is 0 Å². The van der Waals surface area contributed by atoms with Crippen LogP contribution in [-0.4, -0.2) is 38.4 Å². The zero-order chi connectivity index (χ0) is 12.4. The second-order valence-electron chi connectivity index (χ2n) is 4.86. The summed E-state index contributed by atoms with van der Waals surface area (Å²) in [4.78, 5) is 11.4. The standard InChI is InChI=1S/C12H25NO3/c1-12(2,3)13-11(14)7-10-16-9-6-5-8-15-4/h5-10H2,1-4H3,(H,13,14). The molecule has 0 aromatic heterocycles. The number of carbonyl (C=O) groups is 1. The number of nitrogens with one attached hydrogen (secondary N) is 1. The van der Waals surface area contributed by atoms with Gasteiger partial charge in [0.1, 0.15) is 0 Å². The summed E-state index contributed by atoms with van der Waals surface area (Å²) in [6.45, 7) is 7.87. The Hall–Kier alpha value is -0.610. The molecule has 0 spiro atoms. The highest BCUT2D eigenvalue weighted by molar-refractivity contribution is 5.76. The summed E-state index contributed by atoms with van der Waals surface area (Å²) in [7, 11) is 1.69. The predicted octanol–water partition coefficient (Wildman–Crippen LogP) is 1.73. The number of hydrogen-bond donors (Lipinski definition) is 1. The third kappa shape index (κ3) is 11.5. The number of amides is 1. The Labute approximate surface area is 98.7 Å². The number of unbranched alkanes of at least 4 members (excludes halogenated alkanes) is 1. The van der Waals surface area contributed by atoms with Crippen LogP contribution in [0.5, 0.6) is 0 Å². The molecular weight excluding hydrogens is 206 g/mol. The molecule has 0 radical (unpaired) electrons. The van der Waals surface area contributed by atoms with Crippen LogP contribution in [-0.2, 0) is 14.3 Å². The van der Waals surface area contributed by atoms with Gasteiger partial charge in [0.2, 0.25) is 5.91 Å². The van der Waals surface area contributed by atoms with Gasteiger partial charge in [-0.05, 0) is 33.6 Å². The maximum Gasteiger partial charge on any atom is 0.222 e. The highest BCUT2D eigenvalue weighted by Gasteiger charge is 2.12. The Morgan fingerprint density at radius 2 is 1.75 bits per heavy atom. The number of ether oxygens (including phenoxy) is 2. The van der Waals surface area contributed by atoms with Crippen LogP contribution in [0.3, 0.4) is 0 Å². The zero-order valence-corrected chi connectivity index (χ0v) is 11.0. The monoisotopic (exact) mass is 231 g/mol. The van der Waals surface area contributed by atoms with Gasteiger partial charge in [0.05, 0.1) is 6.61 Å². The largest absolute Gasteiger partial charge is 0.385 e. The molecule has 0 rings (SSSR count). The van der Waals surface area contributed by atoms with Crippen molar-refractivity contribution >= 4 is 5.91 Å². The Morgan fingerprint density at radius 1 is 1.12 bits per heavy atom. The first kappa shape index (κ1) is 15.4. The van der Waals surface area contributed by atoms with Crippen LogP contribution in [0.2, 0.25) is 0 Å². The van der Waals surface area contributed by atoms with Gasteiger partial charge in [-0.3, -0.25) is 4.79 Å². The summed E-state index contributed by atoms with van der Waals surface area (Å²) in [5.74, 6) is 0.0457. The second-order valence-corrected chi connectivity index (χ2v) is 4.86. The van der Waals surface area contributed by atoms with Crippen LogP contribution >= 0.6 is 0 Å². The van der Waals surface area contributed by atoms with Gasteiger partial charge in [-0.15, -0.1) is 0 Å². The van der Waals surface area contributed by atoms with Gasteiger partial charge >= 0.3 is 0 Å². The normalized spacial score (nSPS) is 11.5. The first-order valence-electron chi connectivity index (χ1n) is 5.83. The fourth-order valence-corrected chi connectivity index (χ4v) is 1.20. The second kappa shape index (κ2) is 8.53. The molecule has 0 aliphatic heterocycles. The summed E-state index contributed by atoms with van der Waals surface area (Å²) in [6.07, 6.45) is 2.42. The lowest BCUT2D eigenvalue weighted by Gasteiger charge is -2.20. The van der Waals surface area contributed by atoms with Crippen molar-refractivity contribution < 1.29 is 14.3 Å². The van der Waals surface area contributed by atoms with Gasteiger partial charge in [0.15, 0.2) is 0 Å². The topological polar surface area (TPSA) is 47.6 Å². The van der Waals surface area contributed by atoms with Gasteiger partial charge < -0.3 is 14.8 Å². The summed E-state index contributed by atoms with van der Waals surface area (Å²) < 4.78 is 10.3. The van der Waals surface area contributed by atoms with Crippen LogP contribution in [0, 0.1) is 0 Å². The van der Waals surface area contributed by atoms with E-state index in [0.717, 1.165) is 19.4 Å². The third-order valence-corrected chi connectivity index (χ3v) is 1.88. The Balaban J connectivity index is 3.28. The summed E-state index contributed by atoms with van der Waals surface area (Å²) in [6, 6.07) is 0. The zero-order valence-electron chi connectivity index (χ0n) is 11.0. The minimum Gasteiger partial charge on any atom is -0.385 e. The van der Waals surface area contributed by atoms with E-state index in [1.807, 2.05) is 20.8 Å². The molecule has 0 saturated carbocycles. The van der Waals surface area contributed by atoms with E-state index >= 15 is 0 Å². The minimum absolute atomic E-state index is 0.0457. The van der Waals surface area contributed by atoms with Gasteiger partial charge in [-0.25, -0.2) is 0 Å². The summed E-state index contributed by atoms with van der Waals surface area (Å²) >= 11 is 0. The molecule has 0 saturated heterocycles. The van der Waals surface area contributed by atoms with Crippen LogP contribution in [0.25, 0.3) is 0 Å². The molecule has 96 valence electrons. The van der Waals surface area contributed by atoms with E-state index in [-0.39, 0.29) is 11.4 Å². The molecule has 1 N–H and O–H groups in total. The first-order chi connectivity index (χ1) is 7.45. The predicted molar refractivity (Wildman–Crippen MR) is 64.4 cm³/mol. The molecule has 16 heavy (non-hydrogen) atoms. The number of methoxy groups -OCH3 is 1. The molecule has 0 aliphatic carbocycles. The lowest BCUT2D eigenvalue weighted by atomic mass is 10.1. The highest BCUT2D eigenvalue weighted by Crippen LogP contribution is 1.99. The van der Waals surface area contributed by atoms with Crippen molar-refractivity contribution in [3.8, 4) is 0 Å². The van der Waals surface area contributed by atoms with Crippen molar-refractivity contribution in [2.45, 2.75) is 45.6 Å². The first-order valence-corrected chi connectivity index (χ1v) is 5.83. The van der Waals surface area contributed by atoms with Crippen LogP contribution in [0.15, 0.2) is 0 Å². The van der Waals surface area contributed by atoms with E-state index in [1.165, 1.54) is 0 Å². The number of carbonyl (C=O) groups excluding carboxylic acids is 1. The van der Waals surface area contributed by atoms with E-state index in [2.05, 4.69) is 5.32 Å². The molecule has 0 aliphatic rings. The minimum atomic E-state index is -0.157. The van der Waals surface area contributed by atoms with Crippen LogP contribution < -0.4 is 5.32 Å². The maximum atomic E-state index is 11.4. The molecule has 0 aromatic carbocycles. The number of hydrogen-bond acceptors (Lipinski definition) is 3. The lowest BCUT2D eigenvalue weighted by Crippen LogP contribution is -2.40. The van der Waals surface area contributed by atoms with E-state index < -0.39 is 0 Å². The van der Waals surface area contributed by atoms with Crippen molar-refractivity contribution in [2.24, 2.45) is 0 Å². The van der Waals surface area contributed by atoms with Crippen molar-refractivity contribution in [1.82, 2.24) is 5.32 Å². The quantitative estimate of drug-likeness (QED) is 0.647. The average molecular weight is 231 g/mol. The van der Waals surface area contributed by atoms with Crippen LogP contribution in [0.4, 0.5) is 0 Å². The van der Waals surface area contributed by atoms with Crippen molar-refractivity contribution in [3.63, 3.8) is 0 Å². The molecule has 4 heteroatoms. The highest BCUT2D eigenvalue weighted by atomic mass is 16.5. The third-order valence-electron chi connectivity index (χ3n) is 1.88. The van der Waals surface area contributed by atoms with Gasteiger partial charge in [0, 0.05) is 32.3 Å². The molecule has 0 atom stereocenters. The van der Waals surface area contributed by atoms with Gasteiger partial charge in [-0.1, -0.05) is 0 Å². The average Bonchev–Trinajstić information content (AvgIpc) is 2.13. The summed E-state index contributed by atoms with van der Waals surface area (Å²) in [5, 5.41) is 2.89. The van der Waals surface area contributed by atoms with E-state index in [1.54, 1.807) is 7.11 Å². The molecule has 0 fully saturated rings. The lowest BCUT2D eigenvalue weighted by molar-refractivity contribution is -0.123. The van der Waals surface area contributed by atoms with E-state index in [9.17, 15) is 4.79 Å². The van der Waals surface area contributed by atoms with Crippen LogP contribution in [0.1, 0.15) is 40.0 Å². The molecule has 0 bridgehead atoms. The molecular formula is C12H25NO3. The van der Waals surface area contributed by atoms with Gasteiger partial charge in [-0.2, -0.15) is 0 Å². The van der Waals surface area contributed by atoms with E-state index in [4.69, 9.17) is 9.47 Å². The molecule has 0 unspecified atom stereocenters. The van der Waals surface area contributed by atoms with E-state index in [0.29, 0.717) is 19.6 Å². The fraction of sp³-hybridized carbons (Fsp3) is 0.917. The molecule has 4 nitrogen and oxygen atoms in total. The molecule has 1 amide bonds. The SMILES string of the molecule is COCCCCOCCC(=O)NC(C)(C)C. The van der Waals surface area contributed by atoms with Crippen molar-refractivity contribution in [1.29, 1.82) is 0 Å².